The van der Waals surface area contributed by atoms with Gasteiger partial charge in [0.2, 0.25) is 0 Å². The van der Waals surface area contributed by atoms with Gasteiger partial charge < -0.3 is 10.1 Å². The summed E-state index contributed by atoms with van der Waals surface area (Å²) in [5.74, 6) is 0. The SMILES string of the molecule is CCOCCc1nc(C)c(CNC)s1. The van der Waals surface area contributed by atoms with E-state index >= 15 is 0 Å². The van der Waals surface area contributed by atoms with Gasteiger partial charge in [-0.2, -0.15) is 0 Å². The Morgan fingerprint density at radius 3 is 2.93 bits per heavy atom. The van der Waals surface area contributed by atoms with E-state index in [2.05, 4.69) is 17.2 Å². The summed E-state index contributed by atoms with van der Waals surface area (Å²) >= 11 is 1.78. The second-order valence-corrected chi connectivity index (χ2v) is 4.26. The molecule has 0 aliphatic carbocycles. The van der Waals surface area contributed by atoms with Crippen molar-refractivity contribution in [1.82, 2.24) is 10.3 Å². The van der Waals surface area contributed by atoms with Crippen molar-refractivity contribution in [3.05, 3.63) is 15.6 Å². The number of aromatic nitrogens is 1. The standard InChI is InChI=1S/C10H18N2OS/c1-4-13-6-5-10-12-8(2)9(14-10)7-11-3/h11H,4-7H2,1-3H3. The first-order chi connectivity index (χ1) is 6.77. The molecule has 1 rings (SSSR count). The Bertz CT molecular complexity index is 273. The molecule has 80 valence electrons. The molecule has 1 N–H and O–H groups in total. The van der Waals surface area contributed by atoms with Gasteiger partial charge in [0, 0.05) is 24.4 Å². The molecule has 0 spiro atoms. The zero-order chi connectivity index (χ0) is 10.4. The monoisotopic (exact) mass is 214 g/mol. The van der Waals surface area contributed by atoms with E-state index in [1.807, 2.05) is 14.0 Å². The Kier molecular flexibility index (Phi) is 5.07. The second-order valence-electron chi connectivity index (χ2n) is 3.09. The van der Waals surface area contributed by atoms with Gasteiger partial charge >= 0.3 is 0 Å². The molecule has 0 saturated carbocycles. The van der Waals surface area contributed by atoms with Crippen LogP contribution < -0.4 is 5.32 Å². The molecule has 14 heavy (non-hydrogen) atoms. The van der Waals surface area contributed by atoms with Crippen LogP contribution >= 0.6 is 11.3 Å². The minimum atomic E-state index is 0.780. The highest BCUT2D eigenvalue weighted by Crippen LogP contribution is 2.18. The van der Waals surface area contributed by atoms with Crippen molar-refractivity contribution in [2.75, 3.05) is 20.3 Å². The van der Waals surface area contributed by atoms with Crippen molar-refractivity contribution in [3.8, 4) is 0 Å². The number of ether oxygens (including phenoxy) is 1. The average Bonchev–Trinajstić information content (AvgIpc) is 2.49. The van der Waals surface area contributed by atoms with E-state index < -0.39 is 0 Å². The van der Waals surface area contributed by atoms with E-state index in [1.54, 1.807) is 11.3 Å². The summed E-state index contributed by atoms with van der Waals surface area (Å²) in [6.07, 6.45) is 0.934. The zero-order valence-corrected chi connectivity index (χ0v) is 9.91. The molecule has 4 heteroatoms. The van der Waals surface area contributed by atoms with Gasteiger partial charge in [0.25, 0.3) is 0 Å². The van der Waals surface area contributed by atoms with E-state index in [0.29, 0.717) is 0 Å². The van der Waals surface area contributed by atoms with Crippen molar-refractivity contribution in [2.45, 2.75) is 26.8 Å². The van der Waals surface area contributed by atoms with Crippen LogP contribution in [0.2, 0.25) is 0 Å². The number of rotatable bonds is 6. The normalized spacial score (nSPS) is 10.8. The predicted molar refractivity (Wildman–Crippen MR) is 59.8 cm³/mol. The van der Waals surface area contributed by atoms with Crippen LogP contribution in [0.1, 0.15) is 22.5 Å². The lowest BCUT2D eigenvalue weighted by Gasteiger charge is -1.96. The highest BCUT2D eigenvalue weighted by atomic mass is 32.1. The van der Waals surface area contributed by atoms with E-state index in [4.69, 9.17) is 4.74 Å². The smallest absolute Gasteiger partial charge is 0.0954 e. The van der Waals surface area contributed by atoms with Gasteiger partial charge in [-0.1, -0.05) is 0 Å². The first kappa shape index (κ1) is 11.6. The fraction of sp³-hybridized carbons (Fsp3) is 0.700. The van der Waals surface area contributed by atoms with Gasteiger partial charge in [0.05, 0.1) is 17.3 Å². The summed E-state index contributed by atoms with van der Waals surface area (Å²) in [5, 5.41) is 4.33. The van der Waals surface area contributed by atoms with Crippen LogP contribution in [-0.2, 0) is 17.7 Å². The van der Waals surface area contributed by atoms with Gasteiger partial charge in [-0.25, -0.2) is 4.98 Å². The molecule has 0 amide bonds. The Morgan fingerprint density at radius 2 is 2.29 bits per heavy atom. The number of hydrogen-bond donors (Lipinski definition) is 1. The summed E-state index contributed by atoms with van der Waals surface area (Å²) in [4.78, 5) is 5.83. The number of aryl methyl sites for hydroxylation is 1. The third-order valence-electron chi connectivity index (χ3n) is 1.94. The highest BCUT2D eigenvalue weighted by molar-refractivity contribution is 7.11. The van der Waals surface area contributed by atoms with E-state index in [1.165, 1.54) is 9.88 Å². The fourth-order valence-electron chi connectivity index (χ4n) is 1.22. The van der Waals surface area contributed by atoms with Gasteiger partial charge in [0.1, 0.15) is 0 Å². The van der Waals surface area contributed by atoms with Crippen LogP contribution in [0.25, 0.3) is 0 Å². The molecule has 1 heterocycles. The molecule has 0 radical (unpaired) electrons. The quantitative estimate of drug-likeness (QED) is 0.733. The summed E-state index contributed by atoms with van der Waals surface area (Å²) < 4.78 is 5.30. The lowest BCUT2D eigenvalue weighted by atomic mass is 10.4. The van der Waals surface area contributed by atoms with Gasteiger partial charge in [-0.05, 0) is 20.9 Å². The maximum Gasteiger partial charge on any atom is 0.0954 e. The van der Waals surface area contributed by atoms with Crippen molar-refractivity contribution < 1.29 is 4.74 Å². The third-order valence-corrected chi connectivity index (χ3v) is 3.16. The first-order valence-corrected chi connectivity index (χ1v) is 5.77. The third kappa shape index (κ3) is 3.36. The fourth-order valence-corrected chi connectivity index (χ4v) is 2.29. The molecule has 0 aromatic carbocycles. The van der Waals surface area contributed by atoms with Crippen LogP contribution in [-0.4, -0.2) is 25.2 Å². The zero-order valence-electron chi connectivity index (χ0n) is 9.09. The molecular weight excluding hydrogens is 196 g/mol. The largest absolute Gasteiger partial charge is 0.381 e. The van der Waals surface area contributed by atoms with E-state index in [9.17, 15) is 0 Å². The van der Waals surface area contributed by atoms with Gasteiger partial charge in [0.15, 0.2) is 0 Å². The average molecular weight is 214 g/mol. The minimum absolute atomic E-state index is 0.780. The lowest BCUT2D eigenvalue weighted by molar-refractivity contribution is 0.151. The van der Waals surface area contributed by atoms with Crippen molar-refractivity contribution >= 4 is 11.3 Å². The Hall–Kier alpha value is -0.450. The highest BCUT2D eigenvalue weighted by Gasteiger charge is 2.05. The molecule has 3 nitrogen and oxygen atoms in total. The molecule has 0 aliphatic heterocycles. The minimum Gasteiger partial charge on any atom is -0.381 e. The van der Waals surface area contributed by atoms with Crippen LogP contribution in [0.5, 0.6) is 0 Å². The Balaban J connectivity index is 2.48. The van der Waals surface area contributed by atoms with Crippen LogP contribution in [0.3, 0.4) is 0 Å². The Morgan fingerprint density at radius 1 is 1.50 bits per heavy atom. The van der Waals surface area contributed by atoms with Crippen LogP contribution in [0.4, 0.5) is 0 Å². The maximum absolute atomic E-state index is 5.30. The summed E-state index contributed by atoms with van der Waals surface area (Å²) in [5.41, 5.74) is 1.15. The lowest BCUT2D eigenvalue weighted by Crippen LogP contribution is -2.04. The number of hydrogen-bond acceptors (Lipinski definition) is 4. The molecule has 0 aliphatic rings. The van der Waals surface area contributed by atoms with Crippen molar-refractivity contribution in [1.29, 1.82) is 0 Å². The van der Waals surface area contributed by atoms with Crippen LogP contribution in [0, 0.1) is 6.92 Å². The summed E-state index contributed by atoms with van der Waals surface area (Å²) in [7, 11) is 1.96. The van der Waals surface area contributed by atoms with Gasteiger partial charge in [-0.15, -0.1) is 11.3 Å². The molecule has 0 saturated heterocycles. The molecule has 0 unspecified atom stereocenters. The first-order valence-electron chi connectivity index (χ1n) is 4.95. The molecule has 0 bridgehead atoms. The van der Waals surface area contributed by atoms with E-state index in [0.717, 1.165) is 31.9 Å². The topological polar surface area (TPSA) is 34.1 Å². The second kappa shape index (κ2) is 6.11. The molecule has 1 aromatic heterocycles. The van der Waals surface area contributed by atoms with Gasteiger partial charge in [-0.3, -0.25) is 0 Å². The Labute approximate surface area is 89.5 Å². The molecule has 0 fully saturated rings. The molecule has 1 aromatic rings. The molecule has 0 atom stereocenters. The van der Waals surface area contributed by atoms with E-state index in [-0.39, 0.29) is 0 Å². The van der Waals surface area contributed by atoms with Crippen molar-refractivity contribution in [2.24, 2.45) is 0 Å². The molecular formula is C10H18N2OS. The number of nitrogens with zero attached hydrogens (tertiary/aromatic N) is 1. The maximum atomic E-state index is 5.30. The summed E-state index contributed by atoms with van der Waals surface area (Å²) in [6.45, 7) is 6.56. The predicted octanol–water partition coefficient (Wildman–Crippen LogP) is 1.75. The number of thiazole rings is 1. The van der Waals surface area contributed by atoms with Crippen LogP contribution in [0.15, 0.2) is 0 Å². The summed E-state index contributed by atoms with van der Waals surface area (Å²) in [6, 6.07) is 0. The van der Waals surface area contributed by atoms with Crippen molar-refractivity contribution in [3.63, 3.8) is 0 Å². The number of nitrogens with one attached hydrogen (secondary N) is 1.